The number of nitrogens with one attached hydrogen (secondary N) is 2. The summed E-state index contributed by atoms with van der Waals surface area (Å²) in [6.45, 7) is 4.23. The summed E-state index contributed by atoms with van der Waals surface area (Å²) in [5.74, 6) is -1.53. The first-order valence-electron chi connectivity index (χ1n) is 9.98. The van der Waals surface area contributed by atoms with Gasteiger partial charge in [-0.25, -0.2) is 19.2 Å². The maximum absolute atomic E-state index is 12.3. The monoisotopic (exact) mass is 440 g/mol. The summed E-state index contributed by atoms with van der Waals surface area (Å²) in [4.78, 5) is 48.4. The summed E-state index contributed by atoms with van der Waals surface area (Å²) in [7, 11) is 2.35. The molecule has 172 valence electrons. The Bertz CT molecular complexity index is 726. The van der Waals surface area contributed by atoms with Crippen LogP contribution in [0.2, 0.25) is 0 Å². The number of amides is 2. The number of fused-ring (bicyclic) bond motifs is 2. The molecule has 11 nitrogen and oxygen atoms in total. The molecule has 0 aliphatic carbocycles. The van der Waals surface area contributed by atoms with Crippen LogP contribution < -0.4 is 10.6 Å². The predicted molar refractivity (Wildman–Crippen MR) is 106 cm³/mol. The van der Waals surface area contributed by atoms with E-state index >= 15 is 0 Å². The molecule has 31 heavy (non-hydrogen) atoms. The Labute approximate surface area is 180 Å². The summed E-state index contributed by atoms with van der Waals surface area (Å²) in [5, 5.41) is 5.14. The average Bonchev–Trinajstić information content (AvgIpc) is 3.33. The van der Waals surface area contributed by atoms with Crippen molar-refractivity contribution in [3.63, 3.8) is 0 Å². The van der Waals surface area contributed by atoms with Crippen LogP contribution in [-0.4, -0.2) is 76.9 Å². The van der Waals surface area contributed by atoms with Gasteiger partial charge in [0.2, 0.25) is 0 Å². The van der Waals surface area contributed by atoms with E-state index in [1.54, 1.807) is 0 Å². The van der Waals surface area contributed by atoms with Gasteiger partial charge in [0.15, 0.2) is 0 Å². The minimum absolute atomic E-state index is 0.0221. The molecule has 0 radical (unpaired) electrons. The second kappa shape index (κ2) is 11.3. The Morgan fingerprint density at radius 2 is 1.16 bits per heavy atom. The second-order valence-corrected chi connectivity index (χ2v) is 6.76. The van der Waals surface area contributed by atoms with Gasteiger partial charge in [0, 0.05) is 24.2 Å². The molecule has 2 N–H and O–H groups in total. The Morgan fingerprint density at radius 1 is 0.774 bits per heavy atom. The average molecular weight is 440 g/mol. The predicted octanol–water partition coefficient (Wildman–Crippen LogP) is 0.979. The van der Waals surface area contributed by atoms with Crippen molar-refractivity contribution in [3.05, 3.63) is 22.3 Å². The van der Waals surface area contributed by atoms with Gasteiger partial charge in [-0.3, -0.25) is 0 Å². The number of carbonyl (C=O) groups is 4. The molecule has 0 aromatic heterocycles. The number of hydrogen-bond donors (Lipinski definition) is 2. The van der Waals surface area contributed by atoms with E-state index in [1.165, 1.54) is 14.2 Å². The van der Waals surface area contributed by atoms with Crippen LogP contribution in [0.5, 0.6) is 0 Å². The molecule has 2 aliphatic rings. The molecule has 2 aliphatic heterocycles. The van der Waals surface area contributed by atoms with Gasteiger partial charge in [0.25, 0.3) is 0 Å². The SMILES string of the molecule is CCCNC(=O)OCC1=C(COC(=O)NCCC)[C@@H]2O[C@@H]1C(C(=O)OC)=C2C(=O)OC. The highest BCUT2D eigenvalue weighted by Crippen LogP contribution is 2.44. The minimum atomic E-state index is -0.983. The normalized spacial score (nSPS) is 19.2. The van der Waals surface area contributed by atoms with Crippen LogP contribution >= 0.6 is 0 Å². The van der Waals surface area contributed by atoms with Crippen LogP contribution in [0, 0.1) is 0 Å². The van der Waals surface area contributed by atoms with Crippen molar-refractivity contribution in [2.75, 3.05) is 40.5 Å². The summed E-state index contributed by atoms with van der Waals surface area (Å²) < 4.78 is 25.9. The third-order valence-corrected chi connectivity index (χ3v) is 4.70. The van der Waals surface area contributed by atoms with E-state index in [-0.39, 0.29) is 24.4 Å². The smallest absolute Gasteiger partial charge is 0.407 e. The number of carbonyl (C=O) groups excluding carboxylic acids is 4. The molecule has 0 saturated heterocycles. The number of methoxy groups -OCH3 is 2. The van der Waals surface area contributed by atoms with Gasteiger partial charge in [-0.2, -0.15) is 0 Å². The molecule has 0 saturated carbocycles. The molecular weight excluding hydrogens is 412 g/mol. The van der Waals surface area contributed by atoms with Gasteiger partial charge in [-0.05, 0) is 12.8 Å². The summed E-state index contributed by atoms with van der Waals surface area (Å²) in [6.07, 6.45) is -1.79. The van der Waals surface area contributed by atoms with Crippen LogP contribution in [-0.2, 0) is 33.3 Å². The highest BCUT2D eigenvalue weighted by Gasteiger charge is 2.52. The number of hydrogen-bond acceptors (Lipinski definition) is 9. The zero-order valence-corrected chi connectivity index (χ0v) is 18.1. The molecule has 0 fully saturated rings. The minimum Gasteiger partial charge on any atom is -0.466 e. The number of ether oxygens (including phenoxy) is 5. The Balaban J connectivity index is 2.28. The molecule has 2 rings (SSSR count). The molecule has 2 amide bonds. The zero-order valence-electron chi connectivity index (χ0n) is 18.1. The lowest BCUT2D eigenvalue weighted by atomic mass is 9.86. The molecule has 11 heteroatoms. The Morgan fingerprint density at radius 3 is 1.48 bits per heavy atom. The van der Waals surface area contributed by atoms with Crippen molar-refractivity contribution in [1.82, 2.24) is 10.6 Å². The van der Waals surface area contributed by atoms with E-state index in [0.29, 0.717) is 24.2 Å². The van der Waals surface area contributed by atoms with Crippen molar-refractivity contribution in [3.8, 4) is 0 Å². The second-order valence-electron chi connectivity index (χ2n) is 6.76. The van der Waals surface area contributed by atoms with Crippen LogP contribution in [0.25, 0.3) is 0 Å². The van der Waals surface area contributed by atoms with Gasteiger partial charge in [-0.15, -0.1) is 0 Å². The van der Waals surface area contributed by atoms with E-state index in [0.717, 1.165) is 12.8 Å². The lowest BCUT2D eigenvalue weighted by Crippen LogP contribution is -2.32. The fraction of sp³-hybridized carbons (Fsp3) is 0.600. The van der Waals surface area contributed by atoms with Gasteiger partial charge >= 0.3 is 24.1 Å². The Kier molecular flexibility index (Phi) is 8.86. The lowest BCUT2D eigenvalue weighted by Gasteiger charge is -2.20. The van der Waals surface area contributed by atoms with Crippen LogP contribution in [0.15, 0.2) is 22.3 Å². The van der Waals surface area contributed by atoms with Crippen molar-refractivity contribution < 1.29 is 42.9 Å². The van der Waals surface area contributed by atoms with Crippen molar-refractivity contribution in [1.29, 1.82) is 0 Å². The molecule has 0 spiro atoms. The first-order valence-corrected chi connectivity index (χ1v) is 9.98. The maximum Gasteiger partial charge on any atom is 0.407 e. The highest BCUT2D eigenvalue weighted by atomic mass is 16.6. The molecule has 2 bridgehead atoms. The number of alkyl carbamates (subject to hydrolysis) is 2. The Hall–Kier alpha value is -3.08. The van der Waals surface area contributed by atoms with Gasteiger partial charge < -0.3 is 34.3 Å². The van der Waals surface area contributed by atoms with Crippen LogP contribution in [0.1, 0.15) is 26.7 Å². The van der Waals surface area contributed by atoms with Crippen molar-refractivity contribution in [2.45, 2.75) is 38.9 Å². The third kappa shape index (κ3) is 5.54. The van der Waals surface area contributed by atoms with Crippen LogP contribution in [0.4, 0.5) is 9.59 Å². The quantitative estimate of drug-likeness (QED) is 0.289. The van der Waals surface area contributed by atoms with E-state index in [1.807, 2.05) is 13.8 Å². The van der Waals surface area contributed by atoms with Crippen LogP contribution in [0.3, 0.4) is 0 Å². The van der Waals surface area contributed by atoms with Crippen molar-refractivity contribution >= 4 is 24.1 Å². The summed E-state index contributed by atoms with van der Waals surface area (Å²) in [6, 6.07) is 0. The van der Waals surface area contributed by atoms with E-state index < -0.39 is 36.3 Å². The molecule has 2 heterocycles. The standard InChI is InChI=1S/C20H28N2O9/c1-5-7-21-19(25)29-9-11-12(10-30-20(26)22-8-6-2)16-14(18(24)28-4)13(15(11)31-16)17(23)27-3/h15-16H,5-10H2,1-4H3,(H,21,25)(H,22,26)/t15-,16-/m0/s1. The first-order chi connectivity index (χ1) is 14.9. The highest BCUT2D eigenvalue weighted by molar-refractivity contribution is 6.04. The topological polar surface area (TPSA) is 138 Å². The molecule has 2 atom stereocenters. The summed E-state index contributed by atoms with van der Waals surface area (Å²) >= 11 is 0. The molecular formula is C20H28N2O9. The van der Waals surface area contributed by atoms with Gasteiger partial charge in [-0.1, -0.05) is 13.8 Å². The fourth-order valence-corrected chi connectivity index (χ4v) is 3.24. The molecule has 0 aromatic rings. The third-order valence-electron chi connectivity index (χ3n) is 4.70. The first kappa shape index (κ1) is 24.2. The zero-order chi connectivity index (χ0) is 23.0. The fourth-order valence-electron chi connectivity index (χ4n) is 3.24. The van der Waals surface area contributed by atoms with Crippen molar-refractivity contribution in [2.24, 2.45) is 0 Å². The van der Waals surface area contributed by atoms with E-state index in [2.05, 4.69) is 10.6 Å². The van der Waals surface area contributed by atoms with Gasteiger partial charge in [0.1, 0.15) is 25.4 Å². The largest absolute Gasteiger partial charge is 0.466 e. The number of rotatable bonds is 10. The molecule has 0 aromatic carbocycles. The lowest BCUT2D eigenvalue weighted by molar-refractivity contribution is -0.139. The molecule has 0 unspecified atom stereocenters. The van der Waals surface area contributed by atoms with E-state index in [9.17, 15) is 19.2 Å². The summed E-state index contributed by atoms with van der Waals surface area (Å²) in [5.41, 5.74) is 0.776. The maximum atomic E-state index is 12.3. The number of esters is 2. The van der Waals surface area contributed by atoms with Gasteiger partial charge in [0.05, 0.1) is 25.4 Å². The van der Waals surface area contributed by atoms with E-state index in [4.69, 9.17) is 23.7 Å².